The molecule has 14 unspecified atom stereocenters. The summed E-state index contributed by atoms with van der Waals surface area (Å²) >= 11 is 0. The van der Waals surface area contributed by atoms with Crippen LogP contribution >= 0.6 is 0 Å². The highest BCUT2D eigenvalue weighted by Crippen LogP contribution is 2.38. The maximum atomic E-state index is 11.2. The number of hydrogen-bond acceptors (Lipinski definition) is 36. The standard InChI is InChI=1S/C36H60O30.C6H12O6/c37-1-7-25-13(43)19(49)31(55-7)62-26-8(2-38)57-33(21(51)15(26)45)64-28-10(4-40)59-35(23(53)17(28)47)66-30-12(6-42)60-36(24(54)18(30)48)65-29-11(5-41)58-34(22(52)16(29)46)63-27-9(3-39)56-32(61-25)20(50)14(27)44;7-1-2-3(8)4(9)5(10)6(11)12-2/h7-54H,1-6H2;2-11H,1H2/t7-,8-,9-,10-,11-,12-,13?,14?,15?,16?,17?,18?,19?,20?,21?,22?,23?,24?,25-,26-,27-,28-,29-,30?,31-,32-,33-,34-,35?,36-;2-,3+,4+,5-,6+/m11/s1. The van der Waals surface area contributed by atoms with Crippen LogP contribution in [0.1, 0.15) is 0 Å². The predicted octanol–water partition coefficient (Wildman–Crippen LogP) is -16.3. The van der Waals surface area contributed by atoms with E-state index in [0.717, 1.165) is 0 Å². The topological polar surface area (TPSA) is 585 Å². The molecule has 23 aliphatic heterocycles. The zero-order valence-electron chi connectivity index (χ0n) is 40.8. The van der Waals surface area contributed by atoms with Gasteiger partial charge in [-0.05, 0) is 0 Å². The smallest absolute Gasteiger partial charge is 0.187 e. The number of aliphatic hydroxyl groups excluding tert-OH is 23. The molecule has 23 aliphatic rings. The molecular formula is C42H72O36. The minimum atomic E-state index is -2.15. The molecule has 78 heavy (non-hydrogen) atoms. The summed E-state index contributed by atoms with van der Waals surface area (Å²) in [7, 11) is 0. The molecule has 23 rings (SSSR count). The fourth-order valence-electron chi connectivity index (χ4n) is 10.0. The van der Waals surface area contributed by atoms with Gasteiger partial charge in [-0.1, -0.05) is 0 Å². The summed E-state index contributed by atoms with van der Waals surface area (Å²) in [5.41, 5.74) is 0. The van der Waals surface area contributed by atoms with Crippen LogP contribution in [-0.2, 0) is 61.6 Å². The highest BCUT2D eigenvalue weighted by Gasteiger charge is 2.59. The van der Waals surface area contributed by atoms with Crippen LogP contribution in [-0.4, -0.2) is 379 Å². The van der Waals surface area contributed by atoms with Gasteiger partial charge in [-0.2, -0.15) is 0 Å². The second-order valence-electron chi connectivity index (χ2n) is 19.6. The van der Waals surface area contributed by atoms with Gasteiger partial charge >= 0.3 is 0 Å². The van der Waals surface area contributed by atoms with Gasteiger partial charge in [-0.25, -0.2) is 0 Å². The molecule has 0 aliphatic carbocycles. The second-order valence-corrected chi connectivity index (χ2v) is 19.6. The van der Waals surface area contributed by atoms with Crippen molar-refractivity contribution >= 4 is 0 Å². The Morgan fingerprint density at radius 2 is 0.346 bits per heavy atom. The molecule has 0 radical (unpaired) electrons. The van der Waals surface area contributed by atoms with E-state index < -0.39 is 261 Å². The lowest BCUT2D eigenvalue weighted by molar-refractivity contribution is -0.404. The summed E-state index contributed by atoms with van der Waals surface area (Å²) in [5, 5.41) is 240. The van der Waals surface area contributed by atoms with Gasteiger partial charge in [0, 0.05) is 0 Å². The molecule has 0 aromatic carbocycles. The van der Waals surface area contributed by atoms with Crippen LogP contribution in [0.25, 0.3) is 0 Å². The van der Waals surface area contributed by atoms with E-state index in [1.54, 1.807) is 0 Å². The van der Waals surface area contributed by atoms with Gasteiger partial charge in [-0.3, -0.25) is 0 Å². The molecule has 0 amide bonds. The molecule has 23 fully saturated rings. The van der Waals surface area contributed by atoms with Crippen molar-refractivity contribution in [3.63, 3.8) is 0 Å². The zero-order valence-corrected chi connectivity index (χ0v) is 40.8. The van der Waals surface area contributed by atoms with Crippen LogP contribution in [0.4, 0.5) is 0 Å². The van der Waals surface area contributed by atoms with Crippen molar-refractivity contribution in [3.8, 4) is 0 Å². The lowest BCUT2D eigenvalue weighted by Gasteiger charge is -2.50. The Morgan fingerprint density at radius 1 is 0.167 bits per heavy atom. The fraction of sp³-hybridized carbons (Fsp3) is 1.00. The highest BCUT2D eigenvalue weighted by atomic mass is 16.8. The van der Waals surface area contributed by atoms with Crippen LogP contribution in [0.15, 0.2) is 0 Å². The molecule has 0 spiro atoms. The summed E-state index contributed by atoms with van der Waals surface area (Å²) in [5.74, 6) is 0. The minimum Gasteiger partial charge on any atom is -0.394 e. The lowest BCUT2D eigenvalue weighted by atomic mass is 9.94. The monoisotopic (exact) mass is 1150 g/mol. The van der Waals surface area contributed by atoms with Crippen molar-refractivity contribution in [1.82, 2.24) is 0 Å². The Morgan fingerprint density at radius 3 is 0.513 bits per heavy atom. The second kappa shape index (κ2) is 27.5. The highest BCUT2D eigenvalue weighted by molar-refractivity contribution is 5.01. The van der Waals surface area contributed by atoms with E-state index in [1.807, 2.05) is 0 Å². The van der Waals surface area contributed by atoms with E-state index in [1.165, 1.54) is 0 Å². The molecule has 36 heteroatoms. The van der Waals surface area contributed by atoms with Gasteiger partial charge in [0.15, 0.2) is 44.0 Å². The first-order valence-corrected chi connectivity index (χ1v) is 24.7. The van der Waals surface area contributed by atoms with Gasteiger partial charge in [0.1, 0.15) is 171 Å². The van der Waals surface area contributed by atoms with Gasteiger partial charge in [-0.15, -0.1) is 0 Å². The molecule has 0 aromatic heterocycles. The Balaban J connectivity index is 0.000000649. The van der Waals surface area contributed by atoms with Crippen molar-refractivity contribution in [1.29, 1.82) is 0 Å². The first-order chi connectivity index (χ1) is 37.0. The summed E-state index contributed by atoms with van der Waals surface area (Å²) < 4.78 is 72.4. The van der Waals surface area contributed by atoms with Crippen LogP contribution in [0, 0.1) is 0 Å². The van der Waals surface area contributed by atoms with Crippen molar-refractivity contribution < 1.29 is 179 Å². The Labute approximate surface area is 439 Å². The third-order valence-electron chi connectivity index (χ3n) is 14.5. The average molecular weight is 1150 g/mol. The van der Waals surface area contributed by atoms with Crippen LogP contribution in [0.3, 0.4) is 0 Å². The summed E-state index contributed by atoms with van der Waals surface area (Å²) in [6.07, 6.45) is -65.5. The number of rotatable bonds is 7. The Kier molecular flexibility index (Phi) is 22.6. The molecule has 0 aromatic rings. The van der Waals surface area contributed by atoms with Crippen molar-refractivity contribution in [3.05, 3.63) is 0 Å². The van der Waals surface area contributed by atoms with Crippen LogP contribution in [0.2, 0.25) is 0 Å². The maximum Gasteiger partial charge on any atom is 0.187 e. The first kappa shape index (κ1) is 64.1. The largest absolute Gasteiger partial charge is 0.394 e. The van der Waals surface area contributed by atoms with Gasteiger partial charge in [0.2, 0.25) is 0 Å². The molecule has 12 bridgehead atoms. The molecule has 35 atom stereocenters. The number of ether oxygens (including phenoxy) is 13. The molecule has 23 heterocycles. The van der Waals surface area contributed by atoms with Crippen molar-refractivity contribution in [2.75, 3.05) is 46.2 Å². The van der Waals surface area contributed by atoms with Gasteiger partial charge < -0.3 is 179 Å². The van der Waals surface area contributed by atoms with Crippen molar-refractivity contribution in [2.45, 2.75) is 215 Å². The van der Waals surface area contributed by atoms with E-state index >= 15 is 0 Å². The average Bonchev–Trinajstić information content (AvgIpc) is 3.50. The fourth-order valence-corrected chi connectivity index (χ4v) is 10.0. The Hall–Kier alpha value is -1.44. The molecular weight excluding hydrogens is 1080 g/mol. The molecule has 0 saturated carbocycles. The van der Waals surface area contributed by atoms with E-state index in [4.69, 9.17) is 82.4 Å². The predicted molar refractivity (Wildman–Crippen MR) is 232 cm³/mol. The van der Waals surface area contributed by atoms with E-state index in [-0.39, 0.29) is 0 Å². The number of aliphatic hydroxyl groups is 23. The van der Waals surface area contributed by atoms with Gasteiger partial charge in [0.25, 0.3) is 0 Å². The lowest BCUT2D eigenvalue weighted by Crippen LogP contribution is -2.69. The van der Waals surface area contributed by atoms with E-state index in [0.29, 0.717) is 0 Å². The molecule has 36 nitrogen and oxygen atoms in total. The summed E-state index contributed by atoms with van der Waals surface area (Å²) in [6.45, 7) is -6.52. The zero-order chi connectivity index (χ0) is 57.3. The first-order valence-electron chi connectivity index (χ1n) is 24.7. The normalized spacial score (nSPS) is 54.4. The third-order valence-corrected chi connectivity index (χ3v) is 14.5. The maximum absolute atomic E-state index is 11.2. The Bertz CT molecular complexity index is 1520. The summed E-state index contributed by atoms with van der Waals surface area (Å²) in [4.78, 5) is 0. The molecule has 23 saturated heterocycles. The van der Waals surface area contributed by atoms with Crippen LogP contribution in [0.5, 0.6) is 0 Å². The van der Waals surface area contributed by atoms with Crippen molar-refractivity contribution in [2.24, 2.45) is 0 Å². The van der Waals surface area contributed by atoms with Crippen LogP contribution < -0.4 is 0 Å². The van der Waals surface area contributed by atoms with E-state index in [2.05, 4.69) is 4.74 Å². The quantitative estimate of drug-likeness (QED) is 0.113. The summed E-state index contributed by atoms with van der Waals surface area (Å²) in [6, 6.07) is 0. The molecule has 456 valence electrons. The third kappa shape index (κ3) is 12.9. The SMILES string of the molecule is OC[C@H]1O[C@@H]2O[C@H]3C(O)C(O)[C@H](O[C@@H]3CO)O[C@H]3C(O)C(O)[C@H](O[C@@H]3CO)O[C@H]3C(O)C(O)[C@H](O[C@@H]3CO)O[C@H]3C(O)C(O)[C@H](O[C@@H]3CO)O[C@H]3C(O)C(O)C(OC1C(O)C2O)O[C@@H]3CO.OC[C@H]1O[C@H](O)[C@H](O)[C@@H](O)[C@H]1O. The van der Waals surface area contributed by atoms with E-state index in [9.17, 15) is 91.9 Å². The minimum absolute atomic E-state index is 0.526. The molecule has 23 N–H and O–H groups in total. The number of hydrogen-bond donors (Lipinski definition) is 23. The van der Waals surface area contributed by atoms with Gasteiger partial charge in [0.05, 0.1) is 46.2 Å².